The van der Waals surface area contributed by atoms with Gasteiger partial charge in [0.2, 0.25) is 0 Å². The maximum Gasteiger partial charge on any atom is 0.293 e. The molecule has 0 aliphatic heterocycles. The van der Waals surface area contributed by atoms with Crippen molar-refractivity contribution in [3.8, 4) is 11.3 Å². The maximum atomic E-state index is 12.4. The van der Waals surface area contributed by atoms with Crippen molar-refractivity contribution in [1.29, 1.82) is 0 Å². The zero-order valence-corrected chi connectivity index (χ0v) is 16.4. The molecule has 138 valence electrons. The first-order valence-corrected chi connectivity index (χ1v) is 9.26. The van der Waals surface area contributed by atoms with E-state index in [0.717, 1.165) is 17.7 Å². The van der Waals surface area contributed by atoms with Gasteiger partial charge in [0, 0.05) is 11.3 Å². The average molecular weight is 378 g/mol. The Morgan fingerprint density at radius 3 is 2.41 bits per heavy atom. The van der Waals surface area contributed by atoms with E-state index in [1.165, 1.54) is 16.7 Å². The molecule has 1 amide bonds. The molecular formula is C22H22N2O2S. The molecule has 3 aromatic rings. The number of carbonyl (C=O) groups excluding carboxylic acids is 1. The van der Waals surface area contributed by atoms with Crippen LogP contribution < -0.4 is 10.6 Å². The van der Waals surface area contributed by atoms with E-state index in [1.54, 1.807) is 12.1 Å². The highest BCUT2D eigenvalue weighted by Crippen LogP contribution is 2.24. The van der Waals surface area contributed by atoms with Crippen molar-refractivity contribution in [1.82, 2.24) is 5.32 Å². The number of aryl methyl sites for hydroxylation is 3. The van der Waals surface area contributed by atoms with Gasteiger partial charge in [-0.15, -0.1) is 0 Å². The molecule has 0 saturated carbocycles. The molecule has 0 radical (unpaired) electrons. The summed E-state index contributed by atoms with van der Waals surface area (Å²) in [5.41, 5.74) is 5.40. The SMILES string of the molecule is CCc1ccc(NC(=S)NC(=O)c2ccc(-c3ccc(C)c(C)c3)o2)cc1. The third-order valence-corrected chi connectivity index (χ3v) is 4.67. The first kappa shape index (κ1) is 18.9. The van der Waals surface area contributed by atoms with Crippen LogP contribution in [0.2, 0.25) is 0 Å². The Kier molecular flexibility index (Phi) is 5.72. The number of hydrogen-bond donors (Lipinski definition) is 2. The Hall–Kier alpha value is -2.92. The molecule has 0 spiro atoms. The van der Waals surface area contributed by atoms with Crippen LogP contribution in [0.15, 0.2) is 59.0 Å². The predicted molar refractivity (Wildman–Crippen MR) is 113 cm³/mol. The molecule has 27 heavy (non-hydrogen) atoms. The van der Waals surface area contributed by atoms with Gasteiger partial charge in [-0.2, -0.15) is 0 Å². The van der Waals surface area contributed by atoms with Crippen molar-refractivity contribution in [2.24, 2.45) is 0 Å². The van der Waals surface area contributed by atoms with E-state index in [2.05, 4.69) is 24.5 Å². The standard InChI is InChI=1S/C22H22N2O2S/c1-4-16-6-9-18(10-7-16)23-22(27)24-21(25)20-12-11-19(26-20)17-8-5-14(2)15(3)13-17/h5-13H,4H2,1-3H3,(H2,23,24,25,27). The van der Waals surface area contributed by atoms with Crippen LogP contribution in [0.25, 0.3) is 11.3 Å². The second kappa shape index (κ2) is 8.18. The van der Waals surface area contributed by atoms with Crippen LogP contribution in [0.3, 0.4) is 0 Å². The summed E-state index contributed by atoms with van der Waals surface area (Å²) in [6.45, 7) is 6.21. The first-order chi connectivity index (χ1) is 13.0. The Morgan fingerprint density at radius 2 is 1.74 bits per heavy atom. The van der Waals surface area contributed by atoms with Crippen molar-refractivity contribution in [3.63, 3.8) is 0 Å². The molecule has 0 fully saturated rings. The molecule has 0 unspecified atom stereocenters. The molecule has 0 atom stereocenters. The molecule has 1 aromatic heterocycles. The van der Waals surface area contributed by atoms with Gasteiger partial charge in [0.05, 0.1) is 0 Å². The quantitative estimate of drug-likeness (QED) is 0.609. The molecule has 5 heteroatoms. The number of hydrogen-bond acceptors (Lipinski definition) is 3. The van der Waals surface area contributed by atoms with Crippen LogP contribution in [0.5, 0.6) is 0 Å². The lowest BCUT2D eigenvalue weighted by molar-refractivity contribution is 0.0951. The predicted octanol–water partition coefficient (Wildman–Crippen LogP) is 5.25. The van der Waals surface area contributed by atoms with Gasteiger partial charge in [-0.3, -0.25) is 10.1 Å². The molecule has 0 saturated heterocycles. The Morgan fingerprint density at radius 1 is 1.00 bits per heavy atom. The van der Waals surface area contributed by atoms with Gasteiger partial charge in [0.25, 0.3) is 5.91 Å². The minimum Gasteiger partial charge on any atom is -0.451 e. The summed E-state index contributed by atoms with van der Waals surface area (Å²) in [5, 5.41) is 5.88. The second-order valence-electron chi connectivity index (χ2n) is 6.42. The van der Waals surface area contributed by atoms with Gasteiger partial charge >= 0.3 is 0 Å². The van der Waals surface area contributed by atoms with Crippen LogP contribution in [0.1, 0.15) is 34.2 Å². The zero-order chi connectivity index (χ0) is 19.4. The smallest absolute Gasteiger partial charge is 0.293 e. The fraction of sp³-hybridized carbons (Fsp3) is 0.182. The summed E-state index contributed by atoms with van der Waals surface area (Å²) in [6.07, 6.45) is 0.975. The maximum absolute atomic E-state index is 12.4. The zero-order valence-electron chi connectivity index (χ0n) is 15.6. The molecule has 2 aromatic carbocycles. The highest BCUT2D eigenvalue weighted by Gasteiger charge is 2.14. The summed E-state index contributed by atoms with van der Waals surface area (Å²) >= 11 is 5.22. The van der Waals surface area contributed by atoms with Crippen molar-refractivity contribution in [2.45, 2.75) is 27.2 Å². The largest absolute Gasteiger partial charge is 0.451 e. The Bertz CT molecular complexity index is 974. The van der Waals surface area contributed by atoms with E-state index in [4.69, 9.17) is 16.6 Å². The highest BCUT2D eigenvalue weighted by atomic mass is 32.1. The second-order valence-corrected chi connectivity index (χ2v) is 6.83. The number of rotatable bonds is 4. The van der Waals surface area contributed by atoms with Gasteiger partial charge in [-0.25, -0.2) is 0 Å². The lowest BCUT2D eigenvalue weighted by Crippen LogP contribution is -2.33. The van der Waals surface area contributed by atoms with Crippen molar-refractivity contribution >= 4 is 28.9 Å². The summed E-state index contributed by atoms with van der Waals surface area (Å²) in [5.74, 6) is 0.485. The van der Waals surface area contributed by atoms with Gasteiger partial charge in [0.1, 0.15) is 5.76 Å². The number of amides is 1. The molecule has 0 bridgehead atoms. The number of furan rings is 1. The van der Waals surface area contributed by atoms with Crippen LogP contribution >= 0.6 is 12.2 Å². The number of anilines is 1. The van der Waals surface area contributed by atoms with Crippen molar-refractivity contribution in [3.05, 3.63) is 77.0 Å². The minimum absolute atomic E-state index is 0.216. The van der Waals surface area contributed by atoms with Crippen LogP contribution in [-0.4, -0.2) is 11.0 Å². The summed E-state index contributed by atoms with van der Waals surface area (Å²) in [7, 11) is 0. The van der Waals surface area contributed by atoms with Gasteiger partial charge < -0.3 is 9.73 Å². The minimum atomic E-state index is -0.382. The molecular weight excluding hydrogens is 356 g/mol. The van der Waals surface area contributed by atoms with Crippen LogP contribution in [-0.2, 0) is 6.42 Å². The van der Waals surface area contributed by atoms with Gasteiger partial charge in [-0.05, 0) is 79.5 Å². The fourth-order valence-corrected chi connectivity index (χ4v) is 2.87. The lowest BCUT2D eigenvalue weighted by atomic mass is 10.1. The highest BCUT2D eigenvalue weighted by molar-refractivity contribution is 7.80. The summed E-state index contributed by atoms with van der Waals surface area (Å²) in [4.78, 5) is 12.4. The third kappa shape index (κ3) is 4.63. The number of benzene rings is 2. The van der Waals surface area contributed by atoms with Gasteiger partial charge in [-0.1, -0.05) is 31.2 Å². The van der Waals surface area contributed by atoms with Crippen LogP contribution in [0, 0.1) is 13.8 Å². The van der Waals surface area contributed by atoms with Crippen molar-refractivity contribution in [2.75, 3.05) is 5.32 Å². The van der Waals surface area contributed by atoms with Gasteiger partial charge in [0.15, 0.2) is 10.9 Å². The van der Waals surface area contributed by atoms with E-state index in [9.17, 15) is 4.79 Å². The number of nitrogens with one attached hydrogen (secondary N) is 2. The third-order valence-electron chi connectivity index (χ3n) is 4.47. The normalized spacial score (nSPS) is 10.5. The molecule has 0 aliphatic carbocycles. The first-order valence-electron chi connectivity index (χ1n) is 8.85. The van der Waals surface area contributed by atoms with E-state index in [1.807, 2.05) is 49.4 Å². The Labute approximate surface area is 164 Å². The average Bonchev–Trinajstić information content (AvgIpc) is 3.15. The summed E-state index contributed by atoms with van der Waals surface area (Å²) < 4.78 is 5.71. The van der Waals surface area contributed by atoms with E-state index < -0.39 is 0 Å². The lowest BCUT2D eigenvalue weighted by Gasteiger charge is -2.09. The summed E-state index contributed by atoms with van der Waals surface area (Å²) in [6, 6.07) is 17.4. The number of thiocarbonyl (C=S) groups is 1. The monoisotopic (exact) mass is 378 g/mol. The fourth-order valence-electron chi connectivity index (χ4n) is 2.66. The van der Waals surface area contributed by atoms with E-state index in [0.29, 0.717) is 5.76 Å². The molecule has 3 rings (SSSR count). The molecule has 2 N–H and O–H groups in total. The van der Waals surface area contributed by atoms with E-state index in [-0.39, 0.29) is 16.8 Å². The molecule has 4 nitrogen and oxygen atoms in total. The number of carbonyl (C=O) groups is 1. The molecule has 1 heterocycles. The Balaban J connectivity index is 1.64. The molecule has 0 aliphatic rings. The van der Waals surface area contributed by atoms with Crippen LogP contribution in [0.4, 0.5) is 5.69 Å². The van der Waals surface area contributed by atoms with E-state index >= 15 is 0 Å². The topological polar surface area (TPSA) is 54.3 Å². The van der Waals surface area contributed by atoms with Crippen molar-refractivity contribution < 1.29 is 9.21 Å².